The molecule has 7 heteroatoms. The third-order valence-electron chi connectivity index (χ3n) is 2.09. The summed E-state index contributed by atoms with van der Waals surface area (Å²) in [5, 5.41) is 2.69. The molecular weight excluding hydrogens is 232 g/mol. The summed E-state index contributed by atoms with van der Waals surface area (Å²) in [6.07, 6.45) is 0. The number of benzene rings is 1. The van der Waals surface area contributed by atoms with Crippen molar-refractivity contribution in [2.24, 2.45) is 27.2 Å². The van der Waals surface area contributed by atoms with Gasteiger partial charge in [-0.25, -0.2) is 4.99 Å². The first-order chi connectivity index (χ1) is 8.40. The Kier molecular flexibility index (Phi) is 4.25. The molecule has 0 fully saturated rings. The molecule has 0 saturated heterocycles. The second-order valence-electron chi connectivity index (χ2n) is 3.64. The lowest BCUT2D eigenvalue weighted by Gasteiger charge is -2.08. The number of hydrogen-bond acceptors (Lipinski definition) is 2. The number of rotatable bonds is 2. The lowest BCUT2D eigenvalue weighted by atomic mass is 10.1. The second kappa shape index (κ2) is 5.67. The van der Waals surface area contributed by atoms with Crippen LogP contribution in [0.4, 0.5) is 11.4 Å². The largest absolute Gasteiger partial charge is 0.370 e. The lowest BCUT2D eigenvalue weighted by Crippen LogP contribution is -2.26. The number of nitrogens with one attached hydrogen (secondary N) is 1. The van der Waals surface area contributed by atoms with Gasteiger partial charge >= 0.3 is 0 Å². The van der Waals surface area contributed by atoms with E-state index in [4.69, 9.17) is 17.2 Å². The van der Waals surface area contributed by atoms with Crippen LogP contribution in [0.1, 0.15) is 12.5 Å². The molecule has 0 spiro atoms. The lowest BCUT2D eigenvalue weighted by molar-refractivity contribution is -0.114. The highest BCUT2D eigenvalue weighted by Crippen LogP contribution is 2.25. The maximum Gasteiger partial charge on any atom is 0.223 e. The summed E-state index contributed by atoms with van der Waals surface area (Å²) >= 11 is 0. The minimum Gasteiger partial charge on any atom is -0.370 e. The van der Waals surface area contributed by atoms with Crippen LogP contribution in [0.3, 0.4) is 0 Å². The van der Waals surface area contributed by atoms with Gasteiger partial charge in [-0.05, 0) is 24.6 Å². The number of guanidine groups is 2. The van der Waals surface area contributed by atoms with E-state index in [1.54, 1.807) is 18.2 Å². The predicted octanol–water partition coefficient (Wildman–Crippen LogP) is 0.173. The van der Waals surface area contributed by atoms with Gasteiger partial charge in [0.15, 0.2) is 5.96 Å². The highest BCUT2D eigenvalue weighted by molar-refractivity contribution is 5.94. The first-order valence-corrected chi connectivity index (χ1v) is 5.21. The number of nitrogens with two attached hydrogens (primary N) is 3. The standard InChI is InChI=1S/C11H16N6O/c1-6-8(15-7(2)18)4-3-5-9(6)16-11(14)17-10(12)13/h3-5H,1-2H3,(H,15,18)(H6,12,13,14,16,17). The molecule has 7 nitrogen and oxygen atoms in total. The number of anilines is 1. The van der Waals surface area contributed by atoms with Crippen molar-refractivity contribution in [2.75, 3.05) is 5.32 Å². The van der Waals surface area contributed by atoms with Crippen LogP contribution in [0.15, 0.2) is 28.2 Å². The Hall–Kier alpha value is -2.57. The van der Waals surface area contributed by atoms with Crippen LogP contribution >= 0.6 is 0 Å². The zero-order chi connectivity index (χ0) is 13.7. The van der Waals surface area contributed by atoms with Crippen LogP contribution in [0.25, 0.3) is 0 Å². The van der Waals surface area contributed by atoms with E-state index in [1.807, 2.05) is 6.92 Å². The highest BCUT2D eigenvalue weighted by Gasteiger charge is 2.04. The molecule has 0 atom stereocenters. The average Bonchev–Trinajstić information content (AvgIpc) is 2.22. The fourth-order valence-electron chi connectivity index (χ4n) is 1.35. The molecule has 96 valence electrons. The molecule has 0 unspecified atom stereocenters. The van der Waals surface area contributed by atoms with E-state index in [0.717, 1.165) is 5.56 Å². The van der Waals surface area contributed by atoms with Crippen molar-refractivity contribution in [1.29, 1.82) is 0 Å². The van der Waals surface area contributed by atoms with Gasteiger partial charge in [-0.2, -0.15) is 4.99 Å². The third-order valence-corrected chi connectivity index (χ3v) is 2.09. The zero-order valence-electron chi connectivity index (χ0n) is 10.3. The van der Waals surface area contributed by atoms with Gasteiger partial charge in [0.25, 0.3) is 0 Å². The van der Waals surface area contributed by atoms with Crippen molar-refractivity contribution in [2.45, 2.75) is 13.8 Å². The van der Waals surface area contributed by atoms with Crippen LogP contribution in [0, 0.1) is 6.92 Å². The summed E-state index contributed by atoms with van der Waals surface area (Å²) in [7, 11) is 0. The molecule has 0 saturated carbocycles. The molecule has 0 aliphatic rings. The van der Waals surface area contributed by atoms with Crippen molar-refractivity contribution in [3.8, 4) is 0 Å². The van der Waals surface area contributed by atoms with E-state index in [-0.39, 0.29) is 17.8 Å². The monoisotopic (exact) mass is 248 g/mol. The molecule has 1 rings (SSSR count). The molecule has 18 heavy (non-hydrogen) atoms. The van der Waals surface area contributed by atoms with Gasteiger partial charge in [-0.1, -0.05) is 6.07 Å². The number of nitrogens with zero attached hydrogens (tertiary/aromatic N) is 2. The fourth-order valence-corrected chi connectivity index (χ4v) is 1.35. The Morgan fingerprint density at radius 3 is 2.50 bits per heavy atom. The Labute approximate surface area is 105 Å². The molecule has 1 aromatic carbocycles. The molecule has 0 bridgehead atoms. The molecular formula is C11H16N6O. The third kappa shape index (κ3) is 3.78. The molecule has 7 N–H and O–H groups in total. The van der Waals surface area contributed by atoms with Gasteiger partial charge in [0.2, 0.25) is 11.9 Å². The van der Waals surface area contributed by atoms with Gasteiger partial charge in [0.05, 0.1) is 5.69 Å². The first kappa shape index (κ1) is 13.5. The van der Waals surface area contributed by atoms with Gasteiger partial charge in [0.1, 0.15) is 0 Å². The minimum absolute atomic E-state index is 0.0434. The summed E-state index contributed by atoms with van der Waals surface area (Å²) < 4.78 is 0. The predicted molar refractivity (Wildman–Crippen MR) is 72.6 cm³/mol. The topological polar surface area (TPSA) is 132 Å². The number of amides is 1. The van der Waals surface area contributed by atoms with Crippen LogP contribution in [0.2, 0.25) is 0 Å². The van der Waals surface area contributed by atoms with Crippen molar-refractivity contribution < 1.29 is 4.79 Å². The number of carbonyl (C=O) groups excluding carboxylic acids is 1. The van der Waals surface area contributed by atoms with Crippen LogP contribution < -0.4 is 22.5 Å². The van der Waals surface area contributed by atoms with Gasteiger partial charge in [-0.15, -0.1) is 0 Å². The zero-order valence-corrected chi connectivity index (χ0v) is 10.3. The van der Waals surface area contributed by atoms with E-state index in [9.17, 15) is 4.79 Å². The Morgan fingerprint density at radius 1 is 1.28 bits per heavy atom. The maximum absolute atomic E-state index is 11.0. The van der Waals surface area contributed by atoms with Crippen LogP contribution in [-0.4, -0.2) is 17.8 Å². The summed E-state index contributed by atoms with van der Waals surface area (Å²) in [6.45, 7) is 3.25. The first-order valence-electron chi connectivity index (χ1n) is 5.21. The quantitative estimate of drug-likeness (QED) is 0.438. The molecule has 0 heterocycles. The van der Waals surface area contributed by atoms with E-state index >= 15 is 0 Å². The summed E-state index contributed by atoms with van der Waals surface area (Å²) in [5.74, 6) is -0.360. The summed E-state index contributed by atoms with van der Waals surface area (Å²) in [5.41, 5.74) is 18.0. The Bertz CT molecular complexity index is 516. The SMILES string of the molecule is CC(=O)Nc1cccc(N=C(N)N=C(N)N)c1C. The van der Waals surface area contributed by atoms with E-state index in [2.05, 4.69) is 15.3 Å². The molecule has 0 aliphatic carbocycles. The Morgan fingerprint density at radius 2 is 1.94 bits per heavy atom. The molecule has 0 aliphatic heterocycles. The molecule has 1 amide bonds. The van der Waals surface area contributed by atoms with Crippen LogP contribution in [-0.2, 0) is 4.79 Å². The molecule has 0 aromatic heterocycles. The maximum atomic E-state index is 11.0. The number of carbonyl (C=O) groups is 1. The molecule has 1 aromatic rings. The smallest absolute Gasteiger partial charge is 0.223 e. The minimum atomic E-state index is -0.160. The van der Waals surface area contributed by atoms with Crippen LogP contribution in [0.5, 0.6) is 0 Å². The summed E-state index contributed by atoms with van der Waals surface area (Å²) in [6, 6.07) is 5.27. The van der Waals surface area contributed by atoms with Gasteiger partial charge in [-0.3, -0.25) is 4.79 Å². The van der Waals surface area contributed by atoms with Gasteiger partial charge < -0.3 is 22.5 Å². The van der Waals surface area contributed by atoms with E-state index in [0.29, 0.717) is 11.4 Å². The number of aliphatic imine (C=N–C) groups is 2. The second-order valence-corrected chi connectivity index (χ2v) is 3.64. The molecule has 0 radical (unpaired) electrons. The van der Waals surface area contributed by atoms with Crippen molar-refractivity contribution >= 4 is 29.2 Å². The Balaban J connectivity index is 3.11. The van der Waals surface area contributed by atoms with E-state index in [1.165, 1.54) is 6.92 Å². The average molecular weight is 248 g/mol. The highest BCUT2D eigenvalue weighted by atomic mass is 16.1. The number of hydrogen-bond donors (Lipinski definition) is 4. The van der Waals surface area contributed by atoms with Crippen molar-refractivity contribution in [3.05, 3.63) is 23.8 Å². The normalized spacial score (nSPS) is 10.9. The van der Waals surface area contributed by atoms with Crippen molar-refractivity contribution in [1.82, 2.24) is 0 Å². The van der Waals surface area contributed by atoms with Crippen molar-refractivity contribution in [3.63, 3.8) is 0 Å². The van der Waals surface area contributed by atoms with E-state index < -0.39 is 0 Å². The summed E-state index contributed by atoms with van der Waals surface area (Å²) in [4.78, 5) is 18.7. The van der Waals surface area contributed by atoms with Gasteiger partial charge in [0, 0.05) is 12.6 Å². The fraction of sp³-hybridized carbons (Fsp3) is 0.182.